The van der Waals surface area contributed by atoms with E-state index < -0.39 is 6.09 Å². The molecule has 7 rings (SSSR count). The average molecular weight is 648 g/mol. The predicted octanol–water partition coefficient (Wildman–Crippen LogP) is 4.64. The van der Waals surface area contributed by atoms with E-state index in [1.807, 2.05) is 30.3 Å². The molecule has 11 heteroatoms. The molecule has 48 heavy (non-hydrogen) atoms. The number of nitriles is 1. The van der Waals surface area contributed by atoms with Gasteiger partial charge in [-0.25, -0.2) is 4.79 Å². The van der Waals surface area contributed by atoms with Crippen molar-refractivity contribution in [1.82, 2.24) is 19.8 Å². The quantitative estimate of drug-likeness (QED) is 0.269. The summed E-state index contributed by atoms with van der Waals surface area (Å²) in [7, 11) is 2.08. The van der Waals surface area contributed by atoms with Crippen LogP contribution in [-0.2, 0) is 29.0 Å². The van der Waals surface area contributed by atoms with Gasteiger partial charge in [-0.05, 0) is 30.5 Å². The number of carbonyl (C=O) groups is 1. The molecule has 1 unspecified atom stereocenters. The summed E-state index contributed by atoms with van der Waals surface area (Å²) in [5, 5.41) is 12.1. The number of nitrogens with zero attached hydrogens (tertiary/aromatic N) is 7. The summed E-state index contributed by atoms with van der Waals surface area (Å²) in [6, 6.07) is 26.8. The van der Waals surface area contributed by atoms with Crippen molar-refractivity contribution in [2.45, 2.75) is 38.1 Å². The van der Waals surface area contributed by atoms with Gasteiger partial charge in [-0.1, -0.05) is 66.7 Å². The standard InChI is InChI=1S/C37H41N7O4/c1-41-20-21-46-30(23-41)26-47-36-39-33-24-42(34-13-7-11-28-10-5-6-12-31(28)34)17-15-32(33)35(40-36)43-18-19-44(29(22-43)14-16-38)37(45)48-25-27-8-3-2-4-9-27/h2-13,29-30H,14-15,17-26H2,1H3/t29?,30-/m1/s1. The highest BCUT2D eigenvalue weighted by molar-refractivity contribution is 5.94. The Morgan fingerprint density at radius 1 is 0.958 bits per heavy atom. The molecule has 248 valence electrons. The predicted molar refractivity (Wildman–Crippen MR) is 183 cm³/mol. The van der Waals surface area contributed by atoms with Crippen molar-refractivity contribution >= 4 is 28.4 Å². The molecule has 3 aliphatic rings. The van der Waals surface area contributed by atoms with Crippen molar-refractivity contribution in [3.8, 4) is 12.1 Å². The van der Waals surface area contributed by atoms with Crippen LogP contribution in [0.4, 0.5) is 16.3 Å². The molecule has 4 aromatic rings. The smallest absolute Gasteiger partial charge is 0.410 e. The molecule has 0 radical (unpaired) electrons. The van der Waals surface area contributed by atoms with E-state index in [0.29, 0.717) is 45.4 Å². The first-order valence-electron chi connectivity index (χ1n) is 16.7. The van der Waals surface area contributed by atoms with Gasteiger partial charge in [-0.3, -0.25) is 0 Å². The first kappa shape index (κ1) is 31.7. The third-order valence-corrected chi connectivity index (χ3v) is 9.42. The van der Waals surface area contributed by atoms with Crippen LogP contribution in [0.5, 0.6) is 6.01 Å². The zero-order chi connectivity index (χ0) is 32.9. The Morgan fingerprint density at radius 3 is 2.65 bits per heavy atom. The fourth-order valence-electron chi connectivity index (χ4n) is 6.91. The van der Waals surface area contributed by atoms with Crippen LogP contribution in [-0.4, -0.2) is 97.5 Å². The van der Waals surface area contributed by atoms with Crippen molar-refractivity contribution < 1.29 is 19.0 Å². The minimum atomic E-state index is -0.407. The molecule has 0 spiro atoms. The summed E-state index contributed by atoms with van der Waals surface area (Å²) >= 11 is 0. The van der Waals surface area contributed by atoms with Gasteiger partial charge in [0.05, 0.1) is 37.4 Å². The fourth-order valence-corrected chi connectivity index (χ4v) is 6.91. The van der Waals surface area contributed by atoms with Crippen LogP contribution in [0.15, 0.2) is 72.8 Å². The minimum absolute atomic E-state index is 0.0653. The summed E-state index contributed by atoms with van der Waals surface area (Å²) in [5.41, 5.74) is 4.11. The van der Waals surface area contributed by atoms with Crippen molar-refractivity contribution in [3.63, 3.8) is 0 Å². The molecule has 11 nitrogen and oxygen atoms in total. The lowest BCUT2D eigenvalue weighted by atomic mass is 10.0. The SMILES string of the molecule is CN1CCO[C@@H](COc2nc3c(c(N4CCN(C(=O)OCc5ccccc5)C(CC#N)C4)n2)CCN(c2cccc4ccccc24)C3)C1. The highest BCUT2D eigenvalue weighted by atomic mass is 16.6. The molecule has 0 saturated carbocycles. The molecular weight excluding hydrogens is 606 g/mol. The molecule has 2 atom stereocenters. The Balaban J connectivity index is 1.14. The van der Waals surface area contributed by atoms with Crippen LogP contribution in [0.2, 0.25) is 0 Å². The number of ether oxygens (including phenoxy) is 3. The lowest BCUT2D eigenvalue weighted by molar-refractivity contribution is -0.0417. The van der Waals surface area contributed by atoms with Crippen LogP contribution < -0.4 is 14.5 Å². The van der Waals surface area contributed by atoms with Crippen molar-refractivity contribution in [1.29, 1.82) is 5.26 Å². The second-order valence-electron chi connectivity index (χ2n) is 12.7. The zero-order valence-electron chi connectivity index (χ0n) is 27.3. The van der Waals surface area contributed by atoms with E-state index in [0.717, 1.165) is 48.7 Å². The average Bonchev–Trinajstić information content (AvgIpc) is 3.13. The monoisotopic (exact) mass is 647 g/mol. The van der Waals surface area contributed by atoms with Gasteiger partial charge in [0.2, 0.25) is 0 Å². The molecule has 3 aromatic carbocycles. The number of rotatable bonds is 8. The number of anilines is 2. The van der Waals surface area contributed by atoms with Crippen LogP contribution in [0.3, 0.4) is 0 Å². The maximum absolute atomic E-state index is 13.2. The van der Waals surface area contributed by atoms with E-state index in [2.05, 4.69) is 70.3 Å². The van der Waals surface area contributed by atoms with Gasteiger partial charge in [0.15, 0.2) is 0 Å². The van der Waals surface area contributed by atoms with E-state index in [1.54, 1.807) is 4.90 Å². The van der Waals surface area contributed by atoms with Crippen LogP contribution in [0, 0.1) is 11.3 Å². The summed E-state index contributed by atoms with van der Waals surface area (Å²) in [4.78, 5) is 31.7. The lowest BCUT2D eigenvalue weighted by Gasteiger charge is -2.42. The largest absolute Gasteiger partial charge is 0.461 e. The summed E-state index contributed by atoms with van der Waals surface area (Å²) < 4.78 is 17.9. The van der Waals surface area contributed by atoms with Gasteiger partial charge >= 0.3 is 12.1 Å². The highest BCUT2D eigenvalue weighted by Crippen LogP contribution is 2.35. The second-order valence-corrected chi connectivity index (χ2v) is 12.7. The Hall–Kier alpha value is -4.92. The normalized spacial score (nSPS) is 19.9. The Morgan fingerprint density at radius 2 is 1.79 bits per heavy atom. The maximum Gasteiger partial charge on any atom is 0.410 e. The van der Waals surface area contributed by atoms with E-state index in [4.69, 9.17) is 24.2 Å². The number of piperazine rings is 1. The van der Waals surface area contributed by atoms with Crippen LogP contribution in [0.25, 0.3) is 10.8 Å². The number of fused-ring (bicyclic) bond motifs is 2. The third-order valence-electron chi connectivity index (χ3n) is 9.42. The molecule has 0 N–H and O–H groups in total. The molecule has 4 heterocycles. The zero-order valence-corrected chi connectivity index (χ0v) is 27.3. The van der Waals surface area contributed by atoms with E-state index in [-0.39, 0.29) is 25.2 Å². The summed E-state index contributed by atoms with van der Waals surface area (Å²) in [6.07, 6.45) is 0.474. The number of hydrogen-bond acceptors (Lipinski definition) is 10. The fraction of sp³-hybridized carbons (Fsp3) is 0.405. The van der Waals surface area contributed by atoms with Crippen LogP contribution in [0.1, 0.15) is 23.2 Å². The second kappa shape index (κ2) is 14.5. The number of amides is 1. The van der Waals surface area contributed by atoms with Gasteiger partial charge in [0.25, 0.3) is 0 Å². The van der Waals surface area contributed by atoms with Gasteiger partial charge in [-0.15, -0.1) is 0 Å². The molecule has 1 amide bonds. The van der Waals surface area contributed by atoms with Gasteiger partial charge in [-0.2, -0.15) is 15.2 Å². The van der Waals surface area contributed by atoms with Crippen LogP contribution >= 0.6 is 0 Å². The highest BCUT2D eigenvalue weighted by Gasteiger charge is 2.35. The molecule has 1 aromatic heterocycles. The number of morpholine rings is 1. The Bertz CT molecular complexity index is 1780. The molecular formula is C37H41N7O4. The lowest BCUT2D eigenvalue weighted by Crippen LogP contribution is -2.55. The van der Waals surface area contributed by atoms with E-state index >= 15 is 0 Å². The first-order valence-corrected chi connectivity index (χ1v) is 16.7. The van der Waals surface area contributed by atoms with Gasteiger partial charge in [0, 0.05) is 55.9 Å². The minimum Gasteiger partial charge on any atom is -0.461 e. The van der Waals surface area contributed by atoms with E-state index in [1.165, 1.54) is 16.5 Å². The third kappa shape index (κ3) is 7.00. The number of likely N-dealkylation sites (N-methyl/N-ethyl adjacent to an activating group) is 1. The number of carbonyl (C=O) groups excluding carboxylic acids is 1. The van der Waals surface area contributed by atoms with Gasteiger partial charge in [0.1, 0.15) is 25.1 Å². The Labute approximate surface area is 281 Å². The first-order chi connectivity index (χ1) is 23.6. The van der Waals surface area contributed by atoms with Crippen molar-refractivity contribution in [2.75, 3.05) is 69.3 Å². The van der Waals surface area contributed by atoms with E-state index in [9.17, 15) is 10.1 Å². The maximum atomic E-state index is 13.2. The molecule has 0 aliphatic carbocycles. The summed E-state index contributed by atoms with van der Waals surface area (Å²) in [6.45, 7) is 5.74. The summed E-state index contributed by atoms with van der Waals surface area (Å²) in [5.74, 6) is 0.814. The molecule has 3 aliphatic heterocycles. The molecule has 2 saturated heterocycles. The number of benzene rings is 3. The van der Waals surface area contributed by atoms with Crippen molar-refractivity contribution in [2.24, 2.45) is 0 Å². The topological polar surface area (TPSA) is 107 Å². The Kier molecular flexibility index (Phi) is 9.54. The van der Waals surface area contributed by atoms with Gasteiger partial charge < -0.3 is 33.8 Å². The number of aromatic nitrogens is 2. The number of hydrogen-bond donors (Lipinski definition) is 0. The van der Waals surface area contributed by atoms with Crippen molar-refractivity contribution in [3.05, 3.63) is 89.6 Å². The molecule has 2 fully saturated rings. The molecule has 0 bridgehead atoms.